The Kier molecular flexibility index (Phi) is 2.86. The molecule has 1 aromatic carbocycles. The monoisotopic (exact) mass is 251 g/mol. The summed E-state index contributed by atoms with van der Waals surface area (Å²) in [5.74, 6) is 0. The van der Waals surface area contributed by atoms with E-state index in [-0.39, 0.29) is 0 Å². The predicted molar refractivity (Wildman–Crippen MR) is 63.0 cm³/mol. The number of nitrogens with zero attached hydrogens (tertiary/aromatic N) is 3. The van der Waals surface area contributed by atoms with Crippen molar-refractivity contribution >= 4 is 23.2 Å². The summed E-state index contributed by atoms with van der Waals surface area (Å²) in [4.78, 5) is 0. The summed E-state index contributed by atoms with van der Waals surface area (Å²) in [6.07, 6.45) is 1.70. The van der Waals surface area contributed by atoms with Crippen molar-refractivity contribution in [3.8, 4) is 11.8 Å². The molecule has 0 saturated heterocycles. The molecule has 1 heterocycles. The molecule has 0 aliphatic carbocycles. The lowest BCUT2D eigenvalue weighted by molar-refractivity contribution is 0.862. The second-order valence-electron chi connectivity index (χ2n) is 3.28. The Balaban J connectivity index is 2.50. The summed E-state index contributed by atoms with van der Waals surface area (Å²) in [6, 6.07) is 7.11. The Labute approximate surface area is 103 Å². The number of hydrogen-bond acceptors (Lipinski definition) is 2. The van der Waals surface area contributed by atoms with Crippen LogP contribution in [0.25, 0.3) is 5.69 Å². The van der Waals surface area contributed by atoms with Crippen LogP contribution in [0.2, 0.25) is 10.0 Å². The first-order chi connectivity index (χ1) is 7.61. The average molecular weight is 252 g/mol. The fourth-order valence-electron chi connectivity index (χ4n) is 1.31. The fourth-order valence-corrected chi connectivity index (χ4v) is 1.66. The van der Waals surface area contributed by atoms with Gasteiger partial charge >= 0.3 is 0 Å². The van der Waals surface area contributed by atoms with Crippen LogP contribution in [0.15, 0.2) is 24.4 Å². The van der Waals surface area contributed by atoms with Crippen LogP contribution in [0.3, 0.4) is 0 Å². The molecule has 0 saturated carbocycles. The normalized spacial score (nSPS) is 10.1. The van der Waals surface area contributed by atoms with E-state index >= 15 is 0 Å². The molecular weight excluding hydrogens is 245 g/mol. The molecule has 0 amide bonds. The second-order valence-corrected chi connectivity index (χ2v) is 4.10. The van der Waals surface area contributed by atoms with E-state index in [1.807, 2.05) is 13.0 Å². The van der Waals surface area contributed by atoms with Crippen LogP contribution in [-0.4, -0.2) is 9.78 Å². The minimum absolute atomic E-state index is 0.407. The summed E-state index contributed by atoms with van der Waals surface area (Å²) in [5.41, 5.74) is 1.97. The molecular formula is C11H7Cl2N3. The maximum Gasteiger partial charge on any atom is 0.101 e. The van der Waals surface area contributed by atoms with Gasteiger partial charge in [0.1, 0.15) is 6.07 Å². The molecule has 3 nitrogen and oxygen atoms in total. The lowest BCUT2D eigenvalue weighted by Crippen LogP contribution is -1.95. The van der Waals surface area contributed by atoms with E-state index in [1.165, 1.54) is 0 Å². The first-order valence-corrected chi connectivity index (χ1v) is 5.29. The van der Waals surface area contributed by atoms with E-state index in [4.69, 9.17) is 28.5 Å². The molecule has 0 fully saturated rings. The topological polar surface area (TPSA) is 41.6 Å². The number of nitriles is 1. The summed E-state index contributed by atoms with van der Waals surface area (Å²) < 4.78 is 1.63. The largest absolute Gasteiger partial charge is 0.239 e. The van der Waals surface area contributed by atoms with E-state index < -0.39 is 0 Å². The van der Waals surface area contributed by atoms with Gasteiger partial charge in [-0.1, -0.05) is 23.2 Å². The molecule has 80 valence electrons. The highest BCUT2D eigenvalue weighted by Crippen LogP contribution is 2.21. The SMILES string of the molecule is Cc1nn(-c2ccc(C#N)c(Cl)c2)cc1Cl. The van der Waals surface area contributed by atoms with Crippen molar-refractivity contribution in [3.63, 3.8) is 0 Å². The van der Waals surface area contributed by atoms with Crippen LogP contribution in [0, 0.1) is 18.3 Å². The highest BCUT2D eigenvalue weighted by atomic mass is 35.5. The number of rotatable bonds is 1. The molecule has 0 unspecified atom stereocenters. The number of halogens is 2. The molecule has 0 aliphatic heterocycles. The number of hydrogen-bond donors (Lipinski definition) is 0. The molecule has 0 spiro atoms. The highest BCUT2D eigenvalue weighted by molar-refractivity contribution is 6.32. The van der Waals surface area contributed by atoms with Gasteiger partial charge in [0.25, 0.3) is 0 Å². The number of aromatic nitrogens is 2. The van der Waals surface area contributed by atoms with E-state index in [0.717, 1.165) is 11.4 Å². The Morgan fingerprint density at radius 2 is 2.06 bits per heavy atom. The Hall–Kier alpha value is -1.50. The molecule has 0 bridgehead atoms. The van der Waals surface area contributed by atoms with E-state index in [0.29, 0.717) is 15.6 Å². The van der Waals surface area contributed by atoms with E-state index in [1.54, 1.807) is 29.1 Å². The smallest absolute Gasteiger partial charge is 0.101 e. The third kappa shape index (κ3) is 1.90. The van der Waals surface area contributed by atoms with Crippen LogP contribution in [-0.2, 0) is 0 Å². The van der Waals surface area contributed by atoms with Gasteiger partial charge in [0.05, 0.1) is 27.0 Å². The van der Waals surface area contributed by atoms with Crippen molar-refractivity contribution in [2.75, 3.05) is 0 Å². The summed E-state index contributed by atoms with van der Waals surface area (Å²) in [5, 5.41) is 14.0. The molecule has 2 aromatic rings. The van der Waals surface area contributed by atoms with Gasteiger partial charge < -0.3 is 0 Å². The zero-order chi connectivity index (χ0) is 11.7. The summed E-state index contributed by atoms with van der Waals surface area (Å²) in [6.45, 7) is 1.82. The Morgan fingerprint density at radius 1 is 1.31 bits per heavy atom. The van der Waals surface area contributed by atoms with Gasteiger partial charge in [-0.25, -0.2) is 4.68 Å². The molecule has 0 radical (unpaired) electrons. The first-order valence-electron chi connectivity index (χ1n) is 4.53. The molecule has 5 heteroatoms. The van der Waals surface area contributed by atoms with E-state index in [2.05, 4.69) is 5.10 Å². The predicted octanol–water partition coefficient (Wildman–Crippen LogP) is 3.36. The zero-order valence-corrected chi connectivity index (χ0v) is 9.92. The number of aryl methyl sites for hydroxylation is 1. The fraction of sp³-hybridized carbons (Fsp3) is 0.0909. The van der Waals surface area contributed by atoms with Gasteiger partial charge in [-0.3, -0.25) is 0 Å². The highest BCUT2D eigenvalue weighted by Gasteiger charge is 2.06. The molecule has 0 aliphatic rings. The van der Waals surface area contributed by atoms with Gasteiger partial charge in [0, 0.05) is 6.20 Å². The van der Waals surface area contributed by atoms with Gasteiger partial charge in [-0.15, -0.1) is 0 Å². The van der Waals surface area contributed by atoms with Crippen molar-refractivity contribution in [2.24, 2.45) is 0 Å². The van der Waals surface area contributed by atoms with Crippen molar-refractivity contribution in [3.05, 3.63) is 45.7 Å². The van der Waals surface area contributed by atoms with Crippen LogP contribution in [0.1, 0.15) is 11.3 Å². The summed E-state index contributed by atoms with van der Waals surface area (Å²) >= 11 is 11.8. The summed E-state index contributed by atoms with van der Waals surface area (Å²) in [7, 11) is 0. The first kappa shape index (κ1) is 11.0. The zero-order valence-electron chi connectivity index (χ0n) is 8.41. The van der Waals surface area contributed by atoms with Gasteiger partial charge in [-0.05, 0) is 25.1 Å². The van der Waals surface area contributed by atoms with Gasteiger partial charge in [-0.2, -0.15) is 10.4 Å². The number of benzene rings is 1. The van der Waals surface area contributed by atoms with Crippen LogP contribution in [0.5, 0.6) is 0 Å². The van der Waals surface area contributed by atoms with Crippen LogP contribution >= 0.6 is 23.2 Å². The molecule has 1 aromatic heterocycles. The quantitative estimate of drug-likeness (QED) is 0.780. The minimum atomic E-state index is 0.407. The maximum atomic E-state index is 8.75. The van der Waals surface area contributed by atoms with Crippen molar-refractivity contribution < 1.29 is 0 Å². The van der Waals surface area contributed by atoms with Crippen LogP contribution in [0.4, 0.5) is 0 Å². The third-order valence-electron chi connectivity index (χ3n) is 2.18. The minimum Gasteiger partial charge on any atom is -0.239 e. The lowest BCUT2D eigenvalue weighted by atomic mass is 10.2. The average Bonchev–Trinajstić information content (AvgIpc) is 2.59. The van der Waals surface area contributed by atoms with Crippen LogP contribution < -0.4 is 0 Å². The molecule has 2 rings (SSSR count). The second kappa shape index (κ2) is 4.17. The van der Waals surface area contributed by atoms with Gasteiger partial charge in [0.15, 0.2) is 0 Å². The Bertz CT molecular complexity index is 562. The Morgan fingerprint density at radius 3 is 2.56 bits per heavy atom. The maximum absolute atomic E-state index is 8.75. The third-order valence-corrected chi connectivity index (χ3v) is 2.86. The molecule has 16 heavy (non-hydrogen) atoms. The standard InChI is InChI=1S/C11H7Cl2N3/c1-7-11(13)6-16(15-7)9-3-2-8(5-14)10(12)4-9/h2-4,6H,1H3. The van der Waals surface area contributed by atoms with Crippen molar-refractivity contribution in [1.82, 2.24) is 9.78 Å². The molecule has 0 N–H and O–H groups in total. The van der Waals surface area contributed by atoms with E-state index in [9.17, 15) is 0 Å². The molecule has 0 atom stereocenters. The van der Waals surface area contributed by atoms with Crippen molar-refractivity contribution in [2.45, 2.75) is 6.92 Å². The van der Waals surface area contributed by atoms with Gasteiger partial charge in [0.2, 0.25) is 0 Å². The lowest BCUT2D eigenvalue weighted by Gasteiger charge is -2.02. The van der Waals surface area contributed by atoms with Crippen molar-refractivity contribution in [1.29, 1.82) is 5.26 Å².